The van der Waals surface area contributed by atoms with Gasteiger partial charge < -0.3 is 15.4 Å². The number of hydrogen-bond donors (Lipinski definition) is 2. The van der Waals surface area contributed by atoms with E-state index in [9.17, 15) is 4.79 Å². The molecule has 0 aliphatic heterocycles. The van der Waals surface area contributed by atoms with Crippen LogP contribution in [-0.2, 0) is 11.3 Å². The maximum atomic E-state index is 11.8. The molecule has 0 aromatic heterocycles. The third-order valence-electron chi connectivity index (χ3n) is 3.04. The van der Waals surface area contributed by atoms with Gasteiger partial charge in [0, 0.05) is 13.1 Å². The van der Waals surface area contributed by atoms with Crippen LogP contribution in [0.15, 0.2) is 24.3 Å². The van der Waals surface area contributed by atoms with Crippen LogP contribution in [0, 0.1) is 0 Å². The molecule has 112 valence electrons. The Morgan fingerprint density at radius 2 is 2.15 bits per heavy atom. The van der Waals surface area contributed by atoms with Crippen molar-refractivity contribution in [3.8, 4) is 5.75 Å². The Morgan fingerprint density at radius 1 is 1.35 bits per heavy atom. The molecule has 1 unspecified atom stereocenters. The molecule has 1 aromatic rings. The SMILES string of the molecule is CCCCNC(=O)C(C)NCc1cccc(OCC)c1. The average Bonchev–Trinajstić information content (AvgIpc) is 2.45. The van der Waals surface area contributed by atoms with Crippen LogP contribution in [0.25, 0.3) is 0 Å². The number of carbonyl (C=O) groups excluding carboxylic acids is 1. The summed E-state index contributed by atoms with van der Waals surface area (Å²) in [5.41, 5.74) is 1.11. The summed E-state index contributed by atoms with van der Waals surface area (Å²) in [4.78, 5) is 11.8. The molecule has 0 radical (unpaired) electrons. The Balaban J connectivity index is 2.38. The molecule has 4 heteroatoms. The molecule has 20 heavy (non-hydrogen) atoms. The van der Waals surface area contributed by atoms with Gasteiger partial charge in [-0.25, -0.2) is 0 Å². The third kappa shape index (κ3) is 6.06. The summed E-state index contributed by atoms with van der Waals surface area (Å²) in [6.07, 6.45) is 2.11. The number of nitrogens with one attached hydrogen (secondary N) is 2. The number of unbranched alkanes of at least 4 members (excludes halogenated alkanes) is 1. The number of benzene rings is 1. The first-order valence-corrected chi connectivity index (χ1v) is 7.40. The number of rotatable bonds is 9. The minimum absolute atomic E-state index is 0.0550. The van der Waals surface area contributed by atoms with Crippen molar-refractivity contribution in [3.05, 3.63) is 29.8 Å². The zero-order valence-electron chi connectivity index (χ0n) is 12.7. The van der Waals surface area contributed by atoms with E-state index in [0.717, 1.165) is 30.7 Å². The highest BCUT2D eigenvalue weighted by molar-refractivity contribution is 5.81. The minimum atomic E-state index is -0.192. The van der Waals surface area contributed by atoms with Crippen LogP contribution in [0.2, 0.25) is 0 Å². The summed E-state index contributed by atoms with van der Waals surface area (Å²) in [5.74, 6) is 0.922. The van der Waals surface area contributed by atoms with Gasteiger partial charge in [-0.05, 0) is 38.0 Å². The van der Waals surface area contributed by atoms with Crippen LogP contribution >= 0.6 is 0 Å². The number of carbonyl (C=O) groups is 1. The van der Waals surface area contributed by atoms with Crippen LogP contribution in [0.4, 0.5) is 0 Å². The third-order valence-corrected chi connectivity index (χ3v) is 3.04. The normalized spacial score (nSPS) is 11.9. The van der Waals surface area contributed by atoms with Gasteiger partial charge in [-0.3, -0.25) is 4.79 Å². The fraction of sp³-hybridized carbons (Fsp3) is 0.562. The summed E-state index contributed by atoms with van der Waals surface area (Å²) >= 11 is 0. The summed E-state index contributed by atoms with van der Waals surface area (Å²) < 4.78 is 5.46. The fourth-order valence-electron chi connectivity index (χ4n) is 1.82. The molecule has 0 bridgehead atoms. The molecule has 0 aliphatic carbocycles. The molecule has 0 saturated carbocycles. The molecular formula is C16H26N2O2. The maximum absolute atomic E-state index is 11.8. The van der Waals surface area contributed by atoms with E-state index in [1.807, 2.05) is 38.1 Å². The largest absolute Gasteiger partial charge is 0.494 e. The van der Waals surface area contributed by atoms with Gasteiger partial charge in [0.15, 0.2) is 0 Å². The van der Waals surface area contributed by atoms with Crippen molar-refractivity contribution in [3.63, 3.8) is 0 Å². The van der Waals surface area contributed by atoms with Crippen molar-refractivity contribution in [2.45, 2.75) is 46.2 Å². The van der Waals surface area contributed by atoms with Crippen LogP contribution in [0.3, 0.4) is 0 Å². The maximum Gasteiger partial charge on any atom is 0.236 e. The quantitative estimate of drug-likeness (QED) is 0.682. The van der Waals surface area contributed by atoms with Gasteiger partial charge in [0.05, 0.1) is 12.6 Å². The standard InChI is InChI=1S/C16H26N2O2/c1-4-6-10-17-16(19)13(3)18-12-14-8-7-9-15(11-14)20-5-2/h7-9,11,13,18H,4-6,10,12H2,1-3H3,(H,17,19). The summed E-state index contributed by atoms with van der Waals surface area (Å²) in [5, 5.41) is 6.15. The highest BCUT2D eigenvalue weighted by Crippen LogP contribution is 2.13. The monoisotopic (exact) mass is 278 g/mol. The molecule has 1 aromatic carbocycles. The Kier molecular flexibility index (Phi) is 7.73. The smallest absolute Gasteiger partial charge is 0.236 e. The molecule has 0 saturated heterocycles. The van der Waals surface area contributed by atoms with Gasteiger partial charge in [0.2, 0.25) is 5.91 Å². The van der Waals surface area contributed by atoms with E-state index in [1.165, 1.54) is 0 Å². The first-order chi connectivity index (χ1) is 9.67. The zero-order chi connectivity index (χ0) is 14.8. The van der Waals surface area contributed by atoms with Gasteiger partial charge in [-0.1, -0.05) is 25.5 Å². The van der Waals surface area contributed by atoms with Crippen molar-refractivity contribution in [2.24, 2.45) is 0 Å². The van der Waals surface area contributed by atoms with Crippen molar-refractivity contribution in [2.75, 3.05) is 13.2 Å². The second-order valence-corrected chi connectivity index (χ2v) is 4.83. The highest BCUT2D eigenvalue weighted by Gasteiger charge is 2.11. The van der Waals surface area contributed by atoms with E-state index in [2.05, 4.69) is 17.6 Å². The topological polar surface area (TPSA) is 50.4 Å². The summed E-state index contributed by atoms with van der Waals surface area (Å²) in [7, 11) is 0. The van der Waals surface area contributed by atoms with Gasteiger partial charge in [-0.2, -0.15) is 0 Å². The van der Waals surface area contributed by atoms with E-state index >= 15 is 0 Å². The van der Waals surface area contributed by atoms with Gasteiger partial charge in [-0.15, -0.1) is 0 Å². The van der Waals surface area contributed by atoms with Gasteiger partial charge in [0.25, 0.3) is 0 Å². The molecule has 2 N–H and O–H groups in total. The Morgan fingerprint density at radius 3 is 2.85 bits per heavy atom. The van der Waals surface area contributed by atoms with E-state index in [0.29, 0.717) is 13.2 Å². The zero-order valence-corrected chi connectivity index (χ0v) is 12.7. The molecule has 0 spiro atoms. The first kappa shape index (κ1) is 16.5. The van der Waals surface area contributed by atoms with Gasteiger partial charge in [0.1, 0.15) is 5.75 Å². The lowest BCUT2D eigenvalue weighted by molar-refractivity contribution is -0.122. The second-order valence-electron chi connectivity index (χ2n) is 4.83. The van der Waals surface area contributed by atoms with E-state index in [1.54, 1.807) is 0 Å². The lowest BCUT2D eigenvalue weighted by atomic mass is 10.2. The molecule has 0 aliphatic rings. The predicted molar refractivity (Wildman–Crippen MR) is 81.8 cm³/mol. The molecule has 1 amide bonds. The molecule has 0 fully saturated rings. The fourth-order valence-corrected chi connectivity index (χ4v) is 1.82. The lowest BCUT2D eigenvalue weighted by Gasteiger charge is -2.14. The summed E-state index contributed by atoms with van der Waals surface area (Å²) in [6, 6.07) is 7.74. The van der Waals surface area contributed by atoms with E-state index in [4.69, 9.17) is 4.74 Å². The minimum Gasteiger partial charge on any atom is -0.494 e. The van der Waals surface area contributed by atoms with Crippen molar-refractivity contribution in [1.29, 1.82) is 0 Å². The van der Waals surface area contributed by atoms with Crippen LogP contribution < -0.4 is 15.4 Å². The Hall–Kier alpha value is -1.55. The Labute approximate surface area is 121 Å². The first-order valence-electron chi connectivity index (χ1n) is 7.40. The highest BCUT2D eigenvalue weighted by atomic mass is 16.5. The lowest BCUT2D eigenvalue weighted by Crippen LogP contribution is -2.42. The molecular weight excluding hydrogens is 252 g/mol. The average molecular weight is 278 g/mol. The Bertz CT molecular complexity index is 407. The van der Waals surface area contributed by atoms with E-state index in [-0.39, 0.29) is 11.9 Å². The van der Waals surface area contributed by atoms with Crippen LogP contribution in [0.5, 0.6) is 5.75 Å². The van der Waals surface area contributed by atoms with Crippen molar-refractivity contribution in [1.82, 2.24) is 10.6 Å². The molecule has 1 rings (SSSR count). The predicted octanol–water partition coefficient (Wildman–Crippen LogP) is 2.48. The number of ether oxygens (including phenoxy) is 1. The molecule has 4 nitrogen and oxygen atoms in total. The number of amides is 1. The summed E-state index contributed by atoms with van der Waals surface area (Å²) in [6.45, 7) is 8.03. The number of hydrogen-bond acceptors (Lipinski definition) is 3. The molecule has 1 atom stereocenters. The van der Waals surface area contributed by atoms with Crippen molar-refractivity contribution < 1.29 is 9.53 Å². The molecule has 0 heterocycles. The van der Waals surface area contributed by atoms with Gasteiger partial charge >= 0.3 is 0 Å². The van der Waals surface area contributed by atoms with Crippen molar-refractivity contribution >= 4 is 5.91 Å². The van der Waals surface area contributed by atoms with E-state index < -0.39 is 0 Å². The van der Waals surface area contributed by atoms with Crippen LogP contribution in [-0.4, -0.2) is 25.1 Å². The second kappa shape index (κ2) is 9.37. The van der Waals surface area contributed by atoms with Crippen LogP contribution in [0.1, 0.15) is 39.2 Å².